The van der Waals surface area contributed by atoms with E-state index in [0.29, 0.717) is 23.1 Å². The van der Waals surface area contributed by atoms with Crippen LogP contribution in [0.15, 0.2) is 42.6 Å². The zero-order valence-electron chi connectivity index (χ0n) is 12.5. The molecule has 4 heteroatoms. The molecule has 0 atom stereocenters. The summed E-state index contributed by atoms with van der Waals surface area (Å²) in [6.07, 6.45) is 2.79. The number of benzene rings is 1. The first-order chi connectivity index (χ1) is 10.6. The number of carbonyl (C=O) groups excluding carboxylic acids is 1. The van der Waals surface area contributed by atoms with E-state index in [1.165, 1.54) is 0 Å². The van der Waals surface area contributed by atoms with Crippen molar-refractivity contribution in [2.75, 3.05) is 6.61 Å². The van der Waals surface area contributed by atoms with E-state index in [1.54, 1.807) is 0 Å². The van der Waals surface area contributed by atoms with Gasteiger partial charge >= 0.3 is 0 Å². The van der Waals surface area contributed by atoms with E-state index in [-0.39, 0.29) is 0 Å². The second-order valence-corrected chi connectivity index (χ2v) is 5.55. The van der Waals surface area contributed by atoms with Gasteiger partial charge in [-0.25, -0.2) is 0 Å². The molecule has 0 aliphatic carbocycles. The SMILES string of the molecule is CCOc1ccc(-c2cc3cc(C)ccn3c2C=O)cc1Cl. The molecule has 3 nitrogen and oxygen atoms in total. The minimum atomic E-state index is 0.544. The van der Waals surface area contributed by atoms with E-state index in [2.05, 4.69) is 0 Å². The third-order valence-electron chi connectivity index (χ3n) is 3.62. The van der Waals surface area contributed by atoms with Crippen LogP contribution in [0.2, 0.25) is 5.02 Å². The Balaban J connectivity index is 2.17. The molecule has 112 valence electrons. The maximum atomic E-state index is 11.5. The summed E-state index contributed by atoms with van der Waals surface area (Å²) in [5, 5.41) is 0.544. The summed E-state index contributed by atoms with van der Waals surface area (Å²) in [4.78, 5) is 11.5. The van der Waals surface area contributed by atoms with E-state index in [1.807, 2.05) is 60.8 Å². The van der Waals surface area contributed by atoms with E-state index in [4.69, 9.17) is 16.3 Å². The standard InChI is InChI=1S/C18H16ClNO2/c1-3-22-18-5-4-13(9-16(18)19)15-10-14-8-12(2)6-7-20(14)17(15)11-21/h4-11H,3H2,1-2H3. The number of hydrogen-bond donors (Lipinski definition) is 0. The van der Waals surface area contributed by atoms with E-state index in [9.17, 15) is 4.79 Å². The predicted octanol–water partition coefficient (Wildman–Crippen LogP) is 4.78. The second-order valence-electron chi connectivity index (χ2n) is 5.14. The lowest BCUT2D eigenvalue weighted by Gasteiger charge is -2.07. The van der Waals surface area contributed by atoms with Gasteiger partial charge in [-0.15, -0.1) is 0 Å². The van der Waals surface area contributed by atoms with Gasteiger partial charge in [-0.1, -0.05) is 17.7 Å². The Kier molecular flexibility index (Phi) is 3.90. The van der Waals surface area contributed by atoms with Crippen LogP contribution in [0.4, 0.5) is 0 Å². The Morgan fingerprint density at radius 3 is 2.73 bits per heavy atom. The molecule has 0 saturated carbocycles. The van der Waals surface area contributed by atoms with Crippen molar-refractivity contribution in [2.24, 2.45) is 0 Å². The van der Waals surface area contributed by atoms with Gasteiger partial charge in [0.2, 0.25) is 0 Å². The number of rotatable bonds is 4. The number of aromatic nitrogens is 1. The van der Waals surface area contributed by atoms with E-state index in [0.717, 1.165) is 28.5 Å². The zero-order valence-corrected chi connectivity index (χ0v) is 13.2. The van der Waals surface area contributed by atoms with Gasteiger partial charge in [0.1, 0.15) is 5.75 Å². The van der Waals surface area contributed by atoms with Crippen LogP contribution in [0.5, 0.6) is 5.75 Å². The van der Waals surface area contributed by atoms with E-state index < -0.39 is 0 Å². The molecule has 1 aromatic carbocycles. The van der Waals surface area contributed by atoms with Crippen molar-refractivity contribution in [2.45, 2.75) is 13.8 Å². The van der Waals surface area contributed by atoms with Gasteiger partial charge in [0.25, 0.3) is 0 Å². The predicted molar refractivity (Wildman–Crippen MR) is 89.1 cm³/mol. The second kappa shape index (κ2) is 5.85. The number of ether oxygens (including phenoxy) is 1. The average molecular weight is 314 g/mol. The molecule has 0 bridgehead atoms. The first kappa shape index (κ1) is 14.7. The van der Waals surface area contributed by atoms with Crippen LogP contribution in [0, 0.1) is 6.92 Å². The van der Waals surface area contributed by atoms with Crippen LogP contribution < -0.4 is 4.74 Å². The summed E-state index contributed by atoms with van der Waals surface area (Å²) in [5.74, 6) is 0.653. The summed E-state index contributed by atoms with van der Waals surface area (Å²) in [5.41, 5.74) is 4.53. The Bertz CT molecular complexity index is 852. The molecule has 22 heavy (non-hydrogen) atoms. The third kappa shape index (κ3) is 2.48. The summed E-state index contributed by atoms with van der Waals surface area (Å²) in [7, 11) is 0. The molecule has 0 radical (unpaired) electrons. The molecule has 0 saturated heterocycles. The topological polar surface area (TPSA) is 30.7 Å². The van der Waals surface area contributed by atoms with Crippen LogP contribution in [-0.4, -0.2) is 17.3 Å². The first-order valence-electron chi connectivity index (χ1n) is 7.13. The molecule has 3 rings (SSSR count). The van der Waals surface area contributed by atoms with Crippen LogP contribution in [-0.2, 0) is 0 Å². The Morgan fingerprint density at radius 2 is 2.05 bits per heavy atom. The fourth-order valence-electron chi connectivity index (χ4n) is 2.60. The number of halogens is 1. The first-order valence-corrected chi connectivity index (χ1v) is 7.51. The minimum Gasteiger partial charge on any atom is -0.492 e. The summed E-state index contributed by atoms with van der Waals surface area (Å²) < 4.78 is 7.34. The number of aldehydes is 1. The molecule has 0 fully saturated rings. The Morgan fingerprint density at radius 1 is 1.23 bits per heavy atom. The largest absolute Gasteiger partial charge is 0.492 e. The van der Waals surface area contributed by atoms with Gasteiger partial charge in [0, 0.05) is 17.3 Å². The Labute approximate surface area is 134 Å². The lowest BCUT2D eigenvalue weighted by atomic mass is 10.1. The van der Waals surface area contributed by atoms with E-state index >= 15 is 0 Å². The highest BCUT2D eigenvalue weighted by atomic mass is 35.5. The third-order valence-corrected chi connectivity index (χ3v) is 3.92. The molecular weight excluding hydrogens is 298 g/mol. The van der Waals surface area contributed by atoms with Crippen LogP contribution in [0.1, 0.15) is 23.0 Å². The van der Waals surface area contributed by atoms with Crippen molar-refractivity contribution in [3.05, 3.63) is 58.9 Å². The van der Waals surface area contributed by atoms with Gasteiger partial charge in [-0.2, -0.15) is 0 Å². The van der Waals surface area contributed by atoms with Crippen molar-refractivity contribution in [1.82, 2.24) is 4.40 Å². The average Bonchev–Trinajstić information content (AvgIpc) is 2.87. The summed E-state index contributed by atoms with van der Waals surface area (Å²) >= 11 is 6.26. The molecule has 3 aromatic rings. The van der Waals surface area contributed by atoms with Gasteiger partial charge in [-0.05, 0) is 55.3 Å². The molecule has 0 spiro atoms. The zero-order chi connectivity index (χ0) is 15.7. The fraction of sp³-hybridized carbons (Fsp3) is 0.167. The minimum absolute atomic E-state index is 0.544. The van der Waals surface area contributed by atoms with Crippen molar-refractivity contribution in [1.29, 1.82) is 0 Å². The molecule has 0 amide bonds. The van der Waals surface area contributed by atoms with Crippen molar-refractivity contribution in [3.63, 3.8) is 0 Å². The normalized spacial score (nSPS) is 10.9. The highest BCUT2D eigenvalue weighted by molar-refractivity contribution is 6.32. The molecule has 2 heterocycles. The summed E-state index contributed by atoms with van der Waals surface area (Å²) in [6, 6.07) is 11.6. The van der Waals surface area contributed by atoms with Crippen LogP contribution in [0.3, 0.4) is 0 Å². The number of aryl methyl sites for hydroxylation is 1. The van der Waals surface area contributed by atoms with Gasteiger partial charge in [0.15, 0.2) is 6.29 Å². The fourth-order valence-corrected chi connectivity index (χ4v) is 2.84. The number of carbonyl (C=O) groups is 1. The maximum Gasteiger partial charge on any atom is 0.167 e. The molecule has 0 aliphatic rings. The number of hydrogen-bond acceptors (Lipinski definition) is 2. The molecule has 0 unspecified atom stereocenters. The molecule has 0 aliphatic heterocycles. The molecule has 0 N–H and O–H groups in total. The van der Waals surface area contributed by atoms with Crippen molar-refractivity contribution >= 4 is 23.4 Å². The summed E-state index contributed by atoms with van der Waals surface area (Å²) in [6.45, 7) is 4.51. The lowest BCUT2D eigenvalue weighted by molar-refractivity contribution is 0.111. The number of fused-ring (bicyclic) bond motifs is 1. The Hall–Kier alpha value is -2.26. The lowest BCUT2D eigenvalue weighted by Crippen LogP contribution is -1.94. The molecular formula is C18H16ClNO2. The van der Waals surface area contributed by atoms with Gasteiger partial charge < -0.3 is 9.14 Å². The van der Waals surface area contributed by atoms with Crippen LogP contribution >= 0.6 is 11.6 Å². The van der Waals surface area contributed by atoms with Gasteiger partial charge in [0.05, 0.1) is 17.3 Å². The monoisotopic (exact) mass is 313 g/mol. The van der Waals surface area contributed by atoms with Crippen molar-refractivity contribution in [3.8, 4) is 16.9 Å². The number of pyridine rings is 1. The maximum absolute atomic E-state index is 11.5. The van der Waals surface area contributed by atoms with Crippen molar-refractivity contribution < 1.29 is 9.53 Å². The molecule has 2 aromatic heterocycles. The quantitative estimate of drug-likeness (QED) is 0.649. The van der Waals surface area contributed by atoms with Gasteiger partial charge in [-0.3, -0.25) is 4.79 Å². The smallest absolute Gasteiger partial charge is 0.167 e. The highest BCUT2D eigenvalue weighted by Gasteiger charge is 2.13. The highest BCUT2D eigenvalue weighted by Crippen LogP contribution is 2.33. The van der Waals surface area contributed by atoms with Crippen LogP contribution in [0.25, 0.3) is 16.6 Å². The number of nitrogens with zero attached hydrogens (tertiary/aromatic N) is 1.